The summed E-state index contributed by atoms with van der Waals surface area (Å²) < 4.78 is 26.6. The van der Waals surface area contributed by atoms with E-state index in [-0.39, 0.29) is 28.4 Å². The summed E-state index contributed by atoms with van der Waals surface area (Å²) in [5.74, 6) is -0.00848. The SMILES string of the molecule is C=CCNS(=O)(=O)c1ccc(NC(=S)NC(=O)C(C)c2ccc(CC(C)C)cc2)cc1. The van der Waals surface area contributed by atoms with E-state index in [9.17, 15) is 13.2 Å². The molecule has 8 heteroatoms. The topological polar surface area (TPSA) is 87.3 Å². The maximum atomic E-state index is 12.6. The monoisotopic (exact) mass is 459 g/mol. The van der Waals surface area contributed by atoms with Gasteiger partial charge in [-0.05, 0) is 66.9 Å². The van der Waals surface area contributed by atoms with E-state index in [1.807, 2.05) is 19.1 Å². The van der Waals surface area contributed by atoms with Crippen LogP contribution in [0.3, 0.4) is 0 Å². The van der Waals surface area contributed by atoms with Crippen LogP contribution < -0.4 is 15.4 Å². The number of hydrogen-bond acceptors (Lipinski definition) is 4. The lowest BCUT2D eigenvalue weighted by Crippen LogP contribution is -2.36. The summed E-state index contributed by atoms with van der Waals surface area (Å²) in [6.45, 7) is 9.80. The number of anilines is 1. The number of rotatable bonds is 9. The van der Waals surface area contributed by atoms with Gasteiger partial charge in [0.15, 0.2) is 5.11 Å². The van der Waals surface area contributed by atoms with Gasteiger partial charge in [-0.2, -0.15) is 0 Å². The molecule has 0 aromatic heterocycles. The lowest BCUT2D eigenvalue weighted by molar-refractivity contribution is -0.120. The number of carbonyl (C=O) groups is 1. The van der Waals surface area contributed by atoms with Crippen molar-refractivity contribution in [2.45, 2.75) is 38.0 Å². The maximum Gasteiger partial charge on any atom is 0.240 e. The number of carbonyl (C=O) groups excluding carboxylic acids is 1. The number of thiocarbonyl (C=S) groups is 1. The van der Waals surface area contributed by atoms with Crippen LogP contribution in [0.4, 0.5) is 5.69 Å². The zero-order valence-electron chi connectivity index (χ0n) is 18.0. The summed E-state index contributed by atoms with van der Waals surface area (Å²) in [6, 6.07) is 14.1. The third-order valence-electron chi connectivity index (χ3n) is 4.59. The van der Waals surface area contributed by atoms with Gasteiger partial charge in [0.2, 0.25) is 15.9 Å². The Labute approximate surface area is 190 Å². The first-order valence-electron chi connectivity index (χ1n) is 10.0. The van der Waals surface area contributed by atoms with Crippen LogP contribution in [-0.4, -0.2) is 26.0 Å². The van der Waals surface area contributed by atoms with Gasteiger partial charge in [0.05, 0.1) is 10.8 Å². The molecule has 6 nitrogen and oxygen atoms in total. The molecule has 0 spiro atoms. The molecule has 0 aliphatic rings. The van der Waals surface area contributed by atoms with Crippen molar-refractivity contribution in [3.63, 3.8) is 0 Å². The van der Waals surface area contributed by atoms with Gasteiger partial charge < -0.3 is 10.6 Å². The fraction of sp³-hybridized carbons (Fsp3) is 0.304. The molecule has 31 heavy (non-hydrogen) atoms. The molecule has 166 valence electrons. The summed E-state index contributed by atoms with van der Waals surface area (Å²) in [5.41, 5.74) is 2.72. The second kappa shape index (κ2) is 11.2. The highest BCUT2D eigenvalue weighted by atomic mass is 32.2. The fourth-order valence-corrected chi connectivity index (χ4v) is 4.13. The first-order valence-corrected chi connectivity index (χ1v) is 11.9. The molecule has 0 heterocycles. The molecule has 0 aliphatic carbocycles. The molecule has 0 aliphatic heterocycles. The Bertz CT molecular complexity index is 1020. The first-order chi connectivity index (χ1) is 14.6. The van der Waals surface area contributed by atoms with Crippen molar-refractivity contribution in [2.75, 3.05) is 11.9 Å². The molecule has 2 aromatic rings. The van der Waals surface area contributed by atoms with Crippen molar-refractivity contribution in [3.8, 4) is 0 Å². The predicted octanol–water partition coefficient (Wildman–Crippen LogP) is 3.97. The van der Waals surface area contributed by atoms with Crippen molar-refractivity contribution < 1.29 is 13.2 Å². The van der Waals surface area contributed by atoms with Crippen molar-refractivity contribution in [1.82, 2.24) is 10.0 Å². The highest BCUT2D eigenvalue weighted by molar-refractivity contribution is 7.89. The highest BCUT2D eigenvalue weighted by Crippen LogP contribution is 2.18. The first kappa shape index (κ1) is 24.7. The minimum Gasteiger partial charge on any atom is -0.332 e. The standard InChI is InChI=1S/C23H29N3O3S2/c1-5-14-24-31(28,29)21-12-10-20(11-13-21)25-23(30)26-22(27)17(4)19-8-6-18(7-9-19)15-16(2)3/h5-13,16-17,24H,1,14-15H2,2-4H3,(H2,25,26,27,30). The number of sulfonamides is 1. The summed E-state index contributed by atoms with van der Waals surface area (Å²) in [4.78, 5) is 12.7. The molecule has 1 atom stereocenters. The summed E-state index contributed by atoms with van der Waals surface area (Å²) in [7, 11) is -3.59. The van der Waals surface area contributed by atoms with Gasteiger partial charge in [0, 0.05) is 12.2 Å². The molecular formula is C23H29N3O3S2. The molecule has 1 amide bonds. The van der Waals surface area contributed by atoms with Gasteiger partial charge in [0.1, 0.15) is 0 Å². The summed E-state index contributed by atoms with van der Waals surface area (Å²) in [6.07, 6.45) is 2.47. The second-order valence-corrected chi connectivity index (χ2v) is 9.84. The van der Waals surface area contributed by atoms with E-state index in [4.69, 9.17) is 12.2 Å². The van der Waals surface area contributed by atoms with E-state index in [1.165, 1.54) is 23.8 Å². The molecule has 0 radical (unpaired) electrons. The van der Waals surface area contributed by atoms with Gasteiger partial charge in [-0.15, -0.1) is 6.58 Å². The maximum absolute atomic E-state index is 12.6. The quantitative estimate of drug-likeness (QED) is 0.390. The van der Waals surface area contributed by atoms with Crippen molar-refractivity contribution in [2.24, 2.45) is 5.92 Å². The summed E-state index contributed by atoms with van der Waals surface area (Å²) >= 11 is 5.23. The van der Waals surface area contributed by atoms with Crippen molar-refractivity contribution in [3.05, 3.63) is 72.3 Å². The average molecular weight is 460 g/mol. The number of hydrogen-bond donors (Lipinski definition) is 3. The lowest BCUT2D eigenvalue weighted by atomic mass is 9.96. The van der Waals surface area contributed by atoms with Gasteiger partial charge in [0.25, 0.3) is 0 Å². The number of benzene rings is 2. The molecule has 0 saturated heterocycles. The molecule has 2 rings (SSSR count). The predicted molar refractivity (Wildman–Crippen MR) is 130 cm³/mol. The third kappa shape index (κ3) is 7.57. The van der Waals surface area contributed by atoms with E-state index in [0.717, 1.165) is 12.0 Å². The highest BCUT2D eigenvalue weighted by Gasteiger charge is 2.17. The Balaban J connectivity index is 1.94. The number of nitrogens with one attached hydrogen (secondary N) is 3. The largest absolute Gasteiger partial charge is 0.332 e. The van der Waals surface area contributed by atoms with Crippen LogP contribution >= 0.6 is 12.2 Å². The molecule has 1 unspecified atom stereocenters. The molecular weight excluding hydrogens is 430 g/mol. The molecule has 0 saturated carbocycles. The lowest BCUT2D eigenvalue weighted by Gasteiger charge is -2.15. The van der Waals surface area contributed by atoms with E-state index >= 15 is 0 Å². The van der Waals surface area contributed by atoms with Crippen LogP contribution in [0.2, 0.25) is 0 Å². The van der Waals surface area contributed by atoms with Crippen LogP contribution in [-0.2, 0) is 21.2 Å². The average Bonchev–Trinajstić information content (AvgIpc) is 2.72. The van der Waals surface area contributed by atoms with Crippen LogP contribution in [0, 0.1) is 5.92 Å². The van der Waals surface area contributed by atoms with E-state index in [2.05, 4.69) is 47.9 Å². The Kier molecular flexibility index (Phi) is 8.91. The zero-order chi connectivity index (χ0) is 23.0. The van der Waals surface area contributed by atoms with Crippen LogP contribution in [0.1, 0.15) is 37.8 Å². The molecule has 2 aromatic carbocycles. The second-order valence-electron chi connectivity index (χ2n) is 7.67. The fourth-order valence-electron chi connectivity index (χ4n) is 2.92. The van der Waals surface area contributed by atoms with Gasteiger partial charge >= 0.3 is 0 Å². The third-order valence-corrected chi connectivity index (χ3v) is 6.24. The Morgan fingerprint density at radius 3 is 2.23 bits per heavy atom. The van der Waals surface area contributed by atoms with Crippen LogP contribution in [0.5, 0.6) is 0 Å². The van der Waals surface area contributed by atoms with E-state index in [1.54, 1.807) is 12.1 Å². The molecule has 3 N–H and O–H groups in total. The Morgan fingerprint density at radius 1 is 1.06 bits per heavy atom. The van der Waals surface area contributed by atoms with Gasteiger partial charge in [-0.3, -0.25) is 4.79 Å². The van der Waals surface area contributed by atoms with Crippen molar-refractivity contribution in [1.29, 1.82) is 0 Å². The zero-order valence-corrected chi connectivity index (χ0v) is 19.6. The van der Waals surface area contributed by atoms with Crippen molar-refractivity contribution >= 4 is 38.9 Å². The van der Waals surface area contributed by atoms with Crippen LogP contribution in [0.15, 0.2) is 66.1 Å². The van der Waals surface area contributed by atoms with E-state index < -0.39 is 10.0 Å². The summed E-state index contributed by atoms with van der Waals surface area (Å²) in [5, 5.41) is 5.73. The smallest absolute Gasteiger partial charge is 0.240 e. The molecule has 0 fully saturated rings. The number of amides is 1. The van der Waals surface area contributed by atoms with Gasteiger partial charge in [-0.25, -0.2) is 13.1 Å². The van der Waals surface area contributed by atoms with Gasteiger partial charge in [-0.1, -0.05) is 44.2 Å². The van der Waals surface area contributed by atoms with E-state index in [0.29, 0.717) is 11.6 Å². The van der Waals surface area contributed by atoms with Crippen LogP contribution in [0.25, 0.3) is 0 Å². The molecule has 0 bridgehead atoms. The Morgan fingerprint density at radius 2 is 1.68 bits per heavy atom. The Hall–Kier alpha value is -2.55. The normalized spacial score (nSPS) is 12.3. The minimum atomic E-state index is -3.59. The minimum absolute atomic E-state index is 0.129.